The normalized spacial score (nSPS) is 9.00. The van der Waals surface area contributed by atoms with Crippen LogP contribution in [-0.4, -0.2) is 18.8 Å². The second-order valence-electron chi connectivity index (χ2n) is 0.964. The van der Waals surface area contributed by atoms with Gasteiger partial charge in [-0.3, -0.25) is 4.67 Å². The van der Waals surface area contributed by atoms with E-state index in [2.05, 4.69) is 9.39 Å². The van der Waals surface area contributed by atoms with Crippen LogP contribution < -0.4 is 0 Å². The molecule has 0 N–H and O–H groups in total. The summed E-state index contributed by atoms with van der Waals surface area (Å²) >= 11 is 0. The zero-order chi connectivity index (χ0) is 3.58. The molecular weight excluding hydrogens is 69.0 g/mol. The van der Waals surface area contributed by atoms with Gasteiger partial charge in [0.15, 0.2) is 0 Å². The van der Waals surface area contributed by atoms with E-state index in [1.165, 1.54) is 0 Å². The Kier molecular flexibility index (Phi) is 1.85. The van der Waals surface area contributed by atoms with Crippen molar-refractivity contribution in [3.05, 3.63) is 0 Å². The van der Waals surface area contributed by atoms with E-state index in [1.807, 2.05) is 18.8 Å². The molecule has 0 aliphatic rings. The summed E-state index contributed by atoms with van der Waals surface area (Å²) in [5.74, 6) is 0. The Bertz CT molecular complexity index is 10.8. The average Bonchev–Trinajstić information content (AvgIpc) is 0.811. The highest BCUT2D eigenvalue weighted by molar-refractivity contribution is 7.13. The summed E-state index contributed by atoms with van der Waals surface area (Å²) in [5, 5.41) is 0. The maximum absolute atomic E-state index is 2.49. The number of hydrogen-bond donors (Lipinski definition) is 0. The van der Waals surface area contributed by atoms with E-state index in [-0.39, 0.29) is 0 Å². The molecule has 0 fully saturated rings. The van der Waals surface area contributed by atoms with Gasteiger partial charge in [0, 0.05) is 0 Å². The van der Waals surface area contributed by atoms with Gasteiger partial charge in [-0.25, -0.2) is 0 Å². The van der Waals surface area contributed by atoms with Crippen LogP contribution in [0.4, 0.5) is 0 Å². The smallest absolute Gasteiger partial charge is 0.0102 e. The maximum Gasteiger partial charge on any atom is -0.0102 e. The van der Waals surface area contributed by atoms with Gasteiger partial charge in [-0.2, -0.15) is 0 Å². The van der Waals surface area contributed by atoms with Crippen molar-refractivity contribution in [3.63, 3.8) is 0 Å². The zero-order valence-electron chi connectivity index (χ0n) is 3.02. The SMILES string of the molecule is CN(C)P. The van der Waals surface area contributed by atoms with Crippen LogP contribution in [0.1, 0.15) is 0 Å². The molecule has 0 bridgehead atoms. The Morgan fingerprint density at radius 2 is 1.50 bits per heavy atom. The minimum absolute atomic E-state index is 1.92. The van der Waals surface area contributed by atoms with Crippen molar-refractivity contribution in [2.45, 2.75) is 0 Å². The summed E-state index contributed by atoms with van der Waals surface area (Å²) in [6.45, 7) is 0. The lowest BCUT2D eigenvalue weighted by Gasteiger charge is -1.90. The third kappa shape index (κ3) is 30.4. The first kappa shape index (κ1) is 4.39. The fourth-order valence-electron chi connectivity index (χ4n) is 0. The Morgan fingerprint density at radius 3 is 1.50 bits per heavy atom. The second kappa shape index (κ2) is 1.68. The highest BCUT2D eigenvalue weighted by atomic mass is 31.0. The van der Waals surface area contributed by atoms with Gasteiger partial charge in [0.25, 0.3) is 0 Å². The molecule has 4 heavy (non-hydrogen) atoms. The summed E-state index contributed by atoms with van der Waals surface area (Å²) < 4.78 is 1.92. The zero-order valence-corrected chi connectivity index (χ0v) is 4.18. The Balaban J connectivity index is 2.32. The van der Waals surface area contributed by atoms with Crippen LogP contribution in [-0.2, 0) is 0 Å². The summed E-state index contributed by atoms with van der Waals surface area (Å²) in [7, 11) is 6.42. The second-order valence-corrected chi connectivity index (χ2v) is 2.00. The molecule has 0 saturated carbocycles. The number of rotatable bonds is 0. The van der Waals surface area contributed by atoms with Crippen molar-refractivity contribution in [2.24, 2.45) is 0 Å². The molecule has 1 nitrogen and oxygen atoms in total. The molecule has 1 unspecified atom stereocenters. The largest absolute Gasteiger partial charge is 0.293 e. The summed E-state index contributed by atoms with van der Waals surface area (Å²) in [6.07, 6.45) is 0. The molecular formula is C2H8NP. The topological polar surface area (TPSA) is 3.24 Å². The molecule has 0 spiro atoms. The van der Waals surface area contributed by atoms with E-state index in [4.69, 9.17) is 0 Å². The van der Waals surface area contributed by atoms with Gasteiger partial charge in [0.1, 0.15) is 0 Å². The van der Waals surface area contributed by atoms with Crippen molar-refractivity contribution in [1.29, 1.82) is 0 Å². The number of hydrogen-bond acceptors (Lipinski definition) is 1. The van der Waals surface area contributed by atoms with Crippen LogP contribution >= 0.6 is 9.39 Å². The predicted octanol–water partition coefficient (Wildman–Crippen LogP) is 0.338. The standard InChI is InChI=1S/C2H8NP/c1-3(2)4/h4H2,1-2H3. The quantitative estimate of drug-likeness (QED) is 0.377. The molecule has 0 aliphatic heterocycles. The highest BCUT2D eigenvalue weighted by Crippen LogP contribution is 1.78. The molecule has 1 atom stereocenters. The van der Waals surface area contributed by atoms with Crippen LogP contribution in [0.15, 0.2) is 0 Å². The molecule has 0 aromatic rings. The van der Waals surface area contributed by atoms with Gasteiger partial charge in [0.2, 0.25) is 0 Å². The van der Waals surface area contributed by atoms with Gasteiger partial charge < -0.3 is 0 Å². The molecule has 0 amide bonds. The first-order valence-electron chi connectivity index (χ1n) is 1.15. The minimum atomic E-state index is 1.92. The molecule has 0 aliphatic carbocycles. The molecule has 0 heterocycles. The molecule has 0 rings (SSSR count). The van der Waals surface area contributed by atoms with Crippen LogP contribution in [0, 0.1) is 0 Å². The van der Waals surface area contributed by atoms with Gasteiger partial charge in [0.05, 0.1) is 0 Å². The maximum atomic E-state index is 2.49. The third-order valence-corrected chi connectivity index (χ3v) is 0. The molecule has 0 radical (unpaired) electrons. The van der Waals surface area contributed by atoms with Crippen LogP contribution in [0.3, 0.4) is 0 Å². The first-order valence-corrected chi connectivity index (χ1v) is 1.67. The lowest BCUT2D eigenvalue weighted by Crippen LogP contribution is -1.88. The highest BCUT2D eigenvalue weighted by Gasteiger charge is 1.58. The van der Waals surface area contributed by atoms with Crippen LogP contribution in [0.2, 0.25) is 0 Å². The van der Waals surface area contributed by atoms with Crippen molar-refractivity contribution in [1.82, 2.24) is 4.67 Å². The molecule has 2 heteroatoms. The fourth-order valence-corrected chi connectivity index (χ4v) is 0. The van der Waals surface area contributed by atoms with E-state index in [1.54, 1.807) is 0 Å². The molecule has 0 saturated heterocycles. The van der Waals surface area contributed by atoms with Crippen LogP contribution in [0.25, 0.3) is 0 Å². The Labute approximate surface area is 29.3 Å². The Hall–Kier alpha value is 0.390. The van der Waals surface area contributed by atoms with E-state index in [9.17, 15) is 0 Å². The van der Waals surface area contributed by atoms with Gasteiger partial charge in [-0.15, -0.1) is 0 Å². The summed E-state index contributed by atoms with van der Waals surface area (Å²) in [5.41, 5.74) is 0. The molecule has 26 valence electrons. The first-order chi connectivity index (χ1) is 1.73. The van der Waals surface area contributed by atoms with E-state index >= 15 is 0 Å². The lowest BCUT2D eigenvalue weighted by molar-refractivity contribution is 0.703. The summed E-state index contributed by atoms with van der Waals surface area (Å²) in [6, 6.07) is 0. The van der Waals surface area contributed by atoms with E-state index in [0.29, 0.717) is 0 Å². The third-order valence-electron chi connectivity index (χ3n) is 0. The minimum Gasteiger partial charge on any atom is -0.293 e. The fraction of sp³-hybridized carbons (Fsp3) is 1.00. The van der Waals surface area contributed by atoms with E-state index < -0.39 is 0 Å². The average molecular weight is 77.1 g/mol. The molecule has 0 aromatic carbocycles. The monoisotopic (exact) mass is 77.0 g/mol. The van der Waals surface area contributed by atoms with Crippen molar-refractivity contribution in [3.8, 4) is 0 Å². The van der Waals surface area contributed by atoms with Crippen molar-refractivity contribution < 1.29 is 0 Å². The van der Waals surface area contributed by atoms with E-state index in [0.717, 1.165) is 0 Å². The van der Waals surface area contributed by atoms with Crippen molar-refractivity contribution >= 4 is 9.39 Å². The van der Waals surface area contributed by atoms with Crippen LogP contribution in [0.5, 0.6) is 0 Å². The summed E-state index contributed by atoms with van der Waals surface area (Å²) in [4.78, 5) is 0. The van der Waals surface area contributed by atoms with Gasteiger partial charge in [-0.1, -0.05) is 9.39 Å². The predicted molar refractivity (Wildman–Crippen MR) is 23.4 cm³/mol. The lowest BCUT2D eigenvalue weighted by atomic mass is 11.3. The van der Waals surface area contributed by atoms with Crippen molar-refractivity contribution in [2.75, 3.05) is 14.1 Å². The van der Waals surface area contributed by atoms with Gasteiger partial charge in [-0.05, 0) is 14.1 Å². The number of nitrogens with zero attached hydrogens (tertiary/aromatic N) is 1. The molecule has 0 aromatic heterocycles. The Morgan fingerprint density at radius 1 is 1.50 bits per heavy atom. The van der Waals surface area contributed by atoms with Gasteiger partial charge >= 0.3 is 0 Å².